The van der Waals surface area contributed by atoms with Crippen molar-refractivity contribution in [2.24, 2.45) is 5.16 Å². The number of oxime groups is 1. The first-order valence-electron chi connectivity index (χ1n) is 10.5. The van der Waals surface area contributed by atoms with Crippen LogP contribution in [-0.2, 0) is 14.4 Å². The van der Waals surface area contributed by atoms with Gasteiger partial charge in [0.15, 0.2) is 10.8 Å². The maximum absolute atomic E-state index is 12.9. The summed E-state index contributed by atoms with van der Waals surface area (Å²) in [6.07, 6.45) is 4.52. The van der Waals surface area contributed by atoms with E-state index in [2.05, 4.69) is 25.4 Å². The Kier molecular flexibility index (Phi) is 7.15. The molecular weight excluding hydrogens is 575 g/mol. The maximum Gasteiger partial charge on any atom is 0.352 e. The van der Waals surface area contributed by atoms with Crippen LogP contribution in [0.1, 0.15) is 5.69 Å². The molecule has 5 N–H and O–H groups in total. The lowest BCUT2D eigenvalue weighted by Crippen LogP contribution is -2.71. The first-order valence-corrected chi connectivity index (χ1v) is 14.1. The van der Waals surface area contributed by atoms with Crippen LogP contribution in [0.25, 0.3) is 10.3 Å². The average Bonchev–Trinajstić information content (AvgIpc) is 3.32. The Morgan fingerprint density at radius 2 is 2.08 bits per heavy atom. The Morgan fingerprint density at radius 1 is 1.29 bits per heavy atom. The highest BCUT2D eigenvalue weighted by Gasteiger charge is 2.54. The summed E-state index contributed by atoms with van der Waals surface area (Å²) < 4.78 is 0.643. The predicted octanol–water partition coefficient (Wildman–Crippen LogP) is 1.31. The van der Waals surface area contributed by atoms with Crippen LogP contribution in [0, 0.1) is 0 Å². The zero-order valence-corrected chi connectivity index (χ0v) is 22.1. The van der Waals surface area contributed by atoms with Crippen molar-refractivity contribution in [1.82, 2.24) is 25.2 Å². The predicted molar refractivity (Wildman–Crippen MR) is 143 cm³/mol. The van der Waals surface area contributed by atoms with Gasteiger partial charge in [-0.2, -0.15) is 0 Å². The van der Waals surface area contributed by atoms with Gasteiger partial charge in [0, 0.05) is 29.6 Å². The van der Waals surface area contributed by atoms with Crippen LogP contribution in [-0.4, -0.2) is 70.8 Å². The summed E-state index contributed by atoms with van der Waals surface area (Å²) in [7, 11) is 0. The number of carbonyl (C=O) groups is 3. The first-order chi connectivity index (χ1) is 18.3. The fourth-order valence-corrected chi connectivity index (χ4v) is 7.42. The fraction of sp³-hybridized carbons (Fsp3) is 0.143. The molecule has 17 heteroatoms. The number of β-lactam (4-membered cyclic amide) rings is 1. The van der Waals surface area contributed by atoms with E-state index < -0.39 is 34.9 Å². The van der Waals surface area contributed by atoms with Gasteiger partial charge in [-0.1, -0.05) is 16.9 Å². The number of nitrogens with zero attached hydrogens (tertiary/aromatic N) is 5. The summed E-state index contributed by atoms with van der Waals surface area (Å²) in [6, 6.07) is 0.413. The van der Waals surface area contributed by atoms with Crippen molar-refractivity contribution >= 4 is 85.2 Å². The smallest absolute Gasteiger partial charge is 0.352 e. The van der Waals surface area contributed by atoms with Crippen LogP contribution in [0.2, 0.25) is 0 Å². The fourth-order valence-electron chi connectivity index (χ4n) is 3.70. The molecule has 2 amide bonds. The number of amides is 2. The van der Waals surface area contributed by atoms with Gasteiger partial charge in [-0.3, -0.25) is 19.3 Å². The molecule has 0 bridgehead atoms. The highest BCUT2D eigenvalue weighted by molar-refractivity contribution is 8.04. The van der Waals surface area contributed by atoms with Gasteiger partial charge in [-0.25, -0.2) is 19.7 Å². The number of anilines is 1. The molecule has 1 fully saturated rings. The Balaban J connectivity index is 1.31. The van der Waals surface area contributed by atoms with E-state index in [9.17, 15) is 29.5 Å². The second-order valence-corrected chi connectivity index (χ2v) is 11.9. The summed E-state index contributed by atoms with van der Waals surface area (Å²) in [5.74, 6) is -2.51. The summed E-state index contributed by atoms with van der Waals surface area (Å²) in [5, 5.41) is 27.2. The van der Waals surface area contributed by atoms with Crippen LogP contribution in [0.15, 0.2) is 60.8 Å². The third-order valence-electron chi connectivity index (χ3n) is 5.36. The van der Waals surface area contributed by atoms with Crippen molar-refractivity contribution in [3.63, 3.8) is 0 Å². The van der Waals surface area contributed by atoms with Crippen molar-refractivity contribution in [3.8, 4) is 0 Å². The lowest BCUT2D eigenvalue weighted by Gasteiger charge is -2.49. The molecule has 194 valence electrons. The van der Waals surface area contributed by atoms with Gasteiger partial charge < -0.3 is 21.4 Å². The topological polar surface area (TPSA) is 201 Å². The number of nitrogen functional groups attached to an aromatic ring is 1. The molecule has 2 aliphatic heterocycles. The second-order valence-electron chi connectivity index (χ2n) is 7.62. The standard InChI is InChI=1S/C21H15N7O6S4/c22-21-25-9(7-37-21)12(27-34)16(30)26-14-18(31)28-15(20(32)33)8(6-36-19(14)28)1-4-35-11-5-10(29)13-17(38-11)24-3-2-23-13/h1-5,7,14,19,34H,6H2,(H2,22,25)(H,26,30)(H,32,33)/b4-1+,27-12+/t14?,19-/m1/s1. The molecule has 0 radical (unpaired) electrons. The third kappa shape index (κ3) is 4.75. The third-order valence-corrected chi connectivity index (χ3v) is 9.31. The molecule has 1 saturated heterocycles. The highest BCUT2D eigenvalue weighted by atomic mass is 32.2. The molecule has 5 rings (SSSR count). The molecule has 0 aliphatic carbocycles. The molecule has 13 nitrogen and oxygen atoms in total. The number of carbonyl (C=O) groups excluding carboxylic acids is 2. The van der Waals surface area contributed by atoms with Gasteiger partial charge in [0.2, 0.25) is 5.43 Å². The van der Waals surface area contributed by atoms with Crippen molar-refractivity contribution in [1.29, 1.82) is 0 Å². The van der Waals surface area contributed by atoms with Gasteiger partial charge in [-0.05, 0) is 17.1 Å². The molecule has 0 aromatic carbocycles. The molecule has 1 unspecified atom stereocenters. The van der Waals surface area contributed by atoms with Gasteiger partial charge in [-0.15, -0.1) is 34.4 Å². The SMILES string of the molecule is Nc1nc(/C(=N\O)C(=O)NC2C(=O)N3C(C(=O)O)=C(/C=C/Sc4cc(=O)c5nccnc5s4)CS[C@H]23)cs1. The molecule has 3 aromatic heterocycles. The van der Waals surface area contributed by atoms with Crippen LogP contribution in [0.5, 0.6) is 0 Å². The first kappa shape index (κ1) is 25.8. The van der Waals surface area contributed by atoms with Crippen LogP contribution in [0.3, 0.4) is 0 Å². The second kappa shape index (κ2) is 10.5. The number of thioether (sulfide) groups is 2. The minimum absolute atomic E-state index is 0.0481. The number of fused-ring (bicyclic) bond motifs is 2. The zero-order valence-electron chi connectivity index (χ0n) is 18.8. The Bertz CT molecular complexity index is 1630. The number of allylic oxidation sites excluding steroid dienone is 1. The van der Waals surface area contributed by atoms with Gasteiger partial charge in [0.05, 0.1) is 4.21 Å². The molecule has 2 atom stereocenters. The van der Waals surface area contributed by atoms with E-state index in [1.54, 1.807) is 11.5 Å². The Morgan fingerprint density at radius 3 is 2.79 bits per heavy atom. The molecule has 5 heterocycles. The van der Waals surface area contributed by atoms with E-state index in [-0.39, 0.29) is 33.2 Å². The lowest BCUT2D eigenvalue weighted by atomic mass is 10.0. The van der Waals surface area contributed by atoms with E-state index in [0.29, 0.717) is 14.6 Å². The van der Waals surface area contributed by atoms with Gasteiger partial charge in [0.1, 0.15) is 33.2 Å². The number of hydrogen-bond acceptors (Lipinski definition) is 14. The largest absolute Gasteiger partial charge is 0.477 e. The summed E-state index contributed by atoms with van der Waals surface area (Å²) >= 11 is 4.81. The van der Waals surface area contributed by atoms with Gasteiger partial charge >= 0.3 is 5.97 Å². The number of nitrogens with one attached hydrogen (secondary N) is 1. The molecule has 0 saturated carbocycles. The number of aliphatic carboxylic acids is 1. The monoisotopic (exact) mass is 589 g/mol. The molecule has 2 aliphatic rings. The van der Waals surface area contributed by atoms with Crippen LogP contribution < -0.4 is 16.5 Å². The Hall–Kier alpha value is -3.80. The van der Waals surface area contributed by atoms with Gasteiger partial charge in [0.25, 0.3) is 11.8 Å². The zero-order chi connectivity index (χ0) is 27.0. The van der Waals surface area contributed by atoms with Crippen LogP contribution in [0.4, 0.5) is 5.13 Å². The lowest BCUT2D eigenvalue weighted by molar-refractivity contribution is -0.150. The van der Waals surface area contributed by atoms with Crippen molar-refractivity contribution < 1.29 is 24.7 Å². The quantitative estimate of drug-likeness (QED) is 0.101. The van der Waals surface area contributed by atoms with Crippen molar-refractivity contribution in [2.75, 3.05) is 11.5 Å². The summed E-state index contributed by atoms with van der Waals surface area (Å²) in [4.78, 5) is 63.6. The summed E-state index contributed by atoms with van der Waals surface area (Å²) in [6.45, 7) is 0. The average molecular weight is 590 g/mol. The Labute approximate surface area is 229 Å². The van der Waals surface area contributed by atoms with E-state index in [1.807, 2.05) is 0 Å². The van der Waals surface area contributed by atoms with Crippen molar-refractivity contribution in [3.05, 3.63) is 62.5 Å². The maximum atomic E-state index is 12.9. The number of rotatable bonds is 7. The number of nitrogens with two attached hydrogens (primary N) is 1. The van der Waals surface area contributed by atoms with Crippen LogP contribution >= 0.6 is 46.2 Å². The van der Waals surface area contributed by atoms with Crippen molar-refractivity contribution in [2.45, 2.75) is 15.6 Å². The number of carboxylic acid groups (broad SMARTS) is 1. The number of hydrogen-bond donors (Lipinski definition) is 4. The summed E-state index contributed by atoms with van der Waals surface area (Å²) in [5.41, 5.74) is 5.41. The number of carboxylic acids is 1. The molecule has 0 spiro atoms. The van der Waals surface area contributed by atoms with E-state index in [4.69, 9.17) is 5.73 Å². The highest BCUT2D eigenvalue weighted by Crippen LogP contribution is 2.41. The number of aromatic nitrogens is 3. The van der Waals surface area contributed by atoms with E-state index >= 15 is 0 Å². The van der Waals surface area contributed by atoms with E-state index in [1.165, 1.54) is 58.7 Å². The minimum atomic E-state index is -1.29. The van der Waals surface area contributed by atoms with E-state index in [0.717, 1.165) is 16.2 Å². The normalized spacial score (nSPS) is 19.5. The molecule has 38 heavy (non-hydrogen) atoms. The molecular formula is C21H15N7O6S4. The molecule has 3 aromatic rings. The number of thiazole rings is 1. The minimum Gasteiger partial charge on any atom is -0.477 e.